The molecule has 0 aliphatic heterocycles. The number of ether oxygens (including phenoxy) is 1. The van der Waals surface area contributed by atoms with Crippen molar-refractivity contribution in [1.82, 2.24) is 9.78 Å². The Kier molecular flexibility index (Phi) is 4.99. The SMILES string of the molecule is COC(=O)Cn1cc(NC(=O)c2ccccc2SC)cn1. The maximum atomic E-state index is 12.2. The number of carbonyl (C=O) groups is 2. The molecule has 110 valence electrons. The lowest BCUT2D eigenvalue weighted by atomic mass is 10.2. The van der Waals surface area contributed by atoms with Gasteiger partial charge in [0.2, 0.25) is 0 Å². The molecular formula is C14H15N3O3S. The Hall–Kier alpha value is -2.28. The lowest BCUT2D eigenvalue weighted by Gasteiger charge is -2.06. The molecule has 0 unspecified atom stereocenters. The summed E-state index contributed by atoms with van der Waals surface area (Å²) in [4.78, 5) is 24.3. The molecule has 0 fully saturated rings. The number of hydrogen-bond acceptors (Lipinski definition) is 5. The number of anilines is 1. The van der Waals surface area contributed by atoms with Gasteiger partial charge in [-0.25, -0.2) is 0 Å². The fourth-order valence-corrected chi connectivity index (χ4v) is 2.34. The normalized spacial score (nSPS) is 10.2. The number of amides is 1. The zero-order valence-corrected chi connectivity index (χ0v) is 12.5. The van der Waals surface area contributed by atoms with Gasteiger partial charge >= 0.3 is 5.97 Å². The van der Waals surface area contributed by atoms with Crippen molar-refractivity contribution in [2.75, 3.05) is 18.7 Å². The van der Waals surface area contributed by atoms with Crippen molar-refractivity contribution in [3.8, 4) is 0 Å². The van der Waals surface area contributed by atoms with Crippen LogP contribution in [-0.4, -0.2) is 35.0 Å². The summed E-state index contributed by atoms with van der Waals surface area (Å²) < 4.78 is 5.96. The van der Waals surface area contributed by atoms with Crippen LogP contribution in [0.1, 0.15) is 10.4 Å². The highest BCUT2D eigenvalue weighted by Crippen LogP contribution is 2.20. The molecule has 0 saturated carbocycles. The van der Waals surface area contributed by atoms with Crippen molar-refractivity contribution in [3.63, 3.8) is 0 Å². The summed E-state index contributed by atoms with van der Waals surface area (Å²) in [7, 11) is 1.31. The van der Waals surface area contributed by atoms with E-state index < -0.39 is 5.97 Å². The van der Waals surface area contributed by atoms with Gasteiger partial charge in [-0.1, -0.05) is 12.1 Å². The van der Waals surface area contributed by atoms with E-state index in [-0.39, 0.29) is 12.5 Å². The van der Waals surface area contributed by atoms with Crippen LogP contribution in [0.2, 0.25) is 0 Å². The number of nitrogens with zero attached hydrogens (tertiary/aromatic N) is 2. The Morgan fingerprint density at radius 2 is 2.14 bits per heavy atom. The van der Waals surface area contributed by atoms with Crippen LogP contribution in [0.3, 0.4) is 0 Å². The molecule has 21 heavy (non-hydrogen) atoms. The molecule has 2 aromatic rings. The zero-order chi connectivity index (χ0) is 15.2. The Morgan fingerprint density at radius 3 is 2.86 bits per heavy atom. The lowest BCUT2D eigenvalue weighted by Crippen LogP contribution is -2.13. The standard InChI is InChI=1S/C14H15N3O3S/c1-20-13(18)9-17-8-10(7-15-17)16-14(19)11-5-3-4-6-12(11)21-2/h3-8H,9H2,1-2H3,(H,16,19). The Labute approximate surface area is 126 Å². The summed E-state index contributed by atoms with van der Waals surface area (Å²) in [5.74, 6) is -0.610. The topological polar surface area (TPSA) is 73.2 Å². The second-order valence-corrected chi connectivity index (χ2v) is 5.01. The van der Waals surface area contributed by atoms with E-state index in [0.717, 1.165) is 4.90 Å². The van der Waals surface area contributed by atoms with Gasteiger partial charge in [-0.05, 0) is 18.4 Å². The van der Waals surface area contributed by atoms with Gasteiger partial charge in [-0.15, -0.1) is 11.8 Å². The van der Waals surface area contributed by atoms with Crippen molar-refractivity contribution in [1.29, 1.82) is 0 Å². The first kappa shape index (κ1) is 15.1. The Balaban J connectivity index is 2.08. The van der Waals surface area contributed by atoms with Crippen LogP contribution in [0.5, 0.6) is 0 Å². The third kappa shape index (κ3) is 3.85. The molecule has 1 aromatic carbocycles. The number of rotatable bonds is 5. The van der Waals surface area contributed by atoms with Gasteiger partial charge in [0.15, 0.2) is 0 Å². The van der Waals surface area contributed by atoms with E-state index in [1.807, 2.05) is 24.5 Å². The zero-order valence-electron chi connectivity index (χ0n) is 11.7. The third-order valence-corrected chi connectivity index (χ3v) is 3.56. The van der Waals surface area contributed by atoms with Crippen LogP contribution in [-0.2, 0) is 16.1 Å². The van der Waals surface area contributed by atoms with Gasteiger partial charge in [-0.3, -0.25) is 14.3 Å². The first-order valence-corrected chi connectivity index (χ1v) is 7.40. The van der Waals surface area contributed by atoms with Crippen LogP contribution >= 0.6 is 11.8 Å². The van der Waals surface area contributed by atoms with Crippen LogP contribution in [0.15, 0.2) is 41.6 Å². The smallest absolute Gasteiger partial charge is 0.327 e. The predicted octanol–water partition coefficient (Wildman–Crippen LogP) is 2.03. The van der Waals surface area contributed by atoms with E-state index in [9.17, 15) is 9.59 Å². The van der Waals surface area contributed by atoms with E-state index in [2.05, 4.69) is 15.2 Å². The van der Waals surface area contributed by atoms with Gasteiger partial charge in [0, 0.05) is 11.1 Å². The van der Waals surface area contributed by atoms with Crippen molar-refractivity contribution >= 4 is 29.3 Å². The summed E-state index contributed by atoms with van der Waals surface area (Å²) >= 11 is 1.51. The van der Waals surface area contributed by atoms with Crippen LogP contribution < -0.4 is 5.32 Å². The molecule has 1 amide bonds. The fourth-order valence-electron chi connectivity index (χ4n) is 1.74. The maximum absolute atomic E-state index is 12.2. The van der Waals surface area contributed by atoms with E-state index in [0.29, 0.717) is 11.3 Å². The van der Waals surface area contributed by atoms with E-state index >= 15 is 0 Å². The first-order valence-electron chi connectivity index (χ1n) is 6.17. The highest BCUT2D eigenvalue weighted by atomic mass is 32.2. The fraction of sp³-hybridized carbons (Fsp3) is 0.214. The summed E-state index contributed by atoms with van der Waals surface area (Å²) in [6.07, 6.45) is 4.99. The van der Waals surface area contributed by atoms with Gasteiger partial charge in [0.05, 0.1) is 24.6 Å². The number of nitrogens with one attached hydrogen (secondary N) is 1. The molecule has 6 nitrogen and oxygen atoms in total. The quantitative estimate of drug-likeness (QED) is 0.676. The highest BCUT2D eigenvalue weighted by molar-refractivity contribution is 7.98. The van der Waals surface area contributed by atoms with Crippen molar-refractivity contribution < 1.29 is 14.3 Å². The summed E-state index contributed by atoms with van der Waals surface area (Å²) in [6, 6.07) is 7.35. The molecular weight excluding hydrogens is 290 g/mol. The minimum absolute atomic E-state index is 0.00771. The first-order chi connectivity index (χ1) is 10.1. The summed E-state index contributed by atoms with van der Waals surface area (Å²) in [5.41, 5.74) is 1.13. The Morgan fingerprint density at radius 1 is 1.38 bits per heavy atom. The van der Waals surface area contributed by atoms with Gasteiger partial charge < -0.3 is 10.1 Å². The maximum Gasteiger partial charge on any atom is 0.327 e. The average molecular weight is 305 g/mol. The number of esters is 1. The number of hydrogen-bond donors (Lipinski definition) is 1. The number of methoxy groups -OCH3 is 1. The second-order valence-electron chi connectivity index (χ2n) is 4.16. The molecule has 0 spiro atoms. The second kappa shape index (κ2) is 6.94. The average Bonchev–Trinajstić information content (AvgIpc) is 2.93. The molecule has 0 radical (unpaired) electrons. The van der Waals surface area contributed by atoms with Crippen molar-refractivity contribution in [2.45, 2.75) is 11.4 Å². The molecule has 1 aromatic heterocycles. The van der Waals surface area contributed by atoms with Gasteiger partial charge in [0.1, 0.15) is 6.54 Å². The van der Waals surface area contributed by atoms with Crippen LogP contribution in [0.25, 0.3) is 0 Å². The molecule has 2 rings (SSSR count). The molecule has 7 heteroatoms. The summed E-state index contributed by atoms with van der Waals surface area (Å²) in [5, 5.41) is 6.75. The molecule has 0 saturated heterocycles. The predicted molar refractivity (Wildman–Crippen MR) is 80.4 cm³/mol. The summed E-state index contributed by atoms with van der Waals surface area (Å²) in [6.45, 7) is 0.00771. The van der Waals surface area contributed by atoms with Crippen LogP contribution in [0, 0.1) is 0 Å². The van der Waals surface area contributed by atoms with Crippen LogP contribution in [0.4, 0.5) is 5.69 Å². The van der Waals surface area contributed by atoms with Crippen molar-refractivity contribution in [2.24, 2.45) is 0 Å². The molecule has 0 bridgehead atoms. The molecule has 0 aliphatic rings. The monoisotopic (exact) mass is 305 g/mol. The van der Waals surface area contributed by atoms with Gasteiger partial charge in [0.25, 0.3) is 5.91 Å². The molecule has 0 atom stereocenters. The highest BCUT2D eigenvalue weighted by Gasteiger charge is 2.12. The number of carbonyl (C=O) groups excluding carboxylic acids is 2. The van der Waals surface area contributed by atoms with E-state index in [4.69, 9.17) is 0 Å². The molecule has 0 aliphatic carbocycles. The number of aromatic nitrogens is 2. The lowest BCUT2D eigenvalue weighted by molar-refractivity contribution is -0.141. The molecule has 1 heterocycles. The largest absolute Gasteiger partial charge is 0.468 e. The number of benzene rings is 1. The van der Waals surface area contributed by atoms with E-state index in [1.165, 1.54) is 29.8 Å². The molecule has 1 N–H and O–H groups in total. The van der Waals surface area contributed by atoms with Gasteiger partial charge in [-0.2, -0.15) is 5.10 Å². The minimum Gasteiger partial charge on any atom is -0.468 e. The minimum atomic E-state index is -0.399. The number of thioether (sulfide) groups is 1. The third-order valence-electron chi connectivity index (χ3n) is 2.76. The van der Waals surface area contributed by atoms with Crippen molar-refractivity contribution in [3.05, 3.63) is 42.2 Å². The Bertz CT molecular complexity index is 654. The van der Waals surface area contributed by atoms with E-state index in [1.54, 1.807) is 12.3 Å².